The van der Waals surface area contributed by atoms with Gasteiger partial charge in [-0.1, -0.05) is 13.0 Å². The van der Waals surface area contributed by atoms with Gasteiger partial charge in [-0.25, -0.2) is 24.0 Å². The van der Waals surface area contributed by atoms with Crippen molar-refractivity contribution in [3.05, 3.63) is 82.8 Å². The number of carbonyl (C=O) groups is 1. The Morgan fingerprint density at radius 2 is 2.08 bits per heavy atom. The molecule has 1 aliphatic carbocycles. The fourth-order valence-electron chi connectivity index (χ4n) is 5.02. The van der Waals surface area contributed by atoms with Crippen molar-refractivity contribution in [1.29, 1.82) is 0 Å². The number of rotatable bonds is 7. The highest BCUT2D eigenvalue weighted by Gasteiger charge is 2.43. The molecule has 37 heavy (non-hydrogen) atoms. The Bertz CT molecular complexity index is 1410. The fraction of sp³-hybridized carbons (Fsp3) is 0.407. The molecule has 0 aliphatic heterocycles. The normalized spacial score (nSPS) is 20.2. The van der Waals surface area contributed by atoms with E-state index in [2.05, 4.69) is 25.6 Å². The number of aryl methyl sites for hydroxylation is 2. The van der Waals surface area contributed by atoms with Crippen molar-refractivity contribution in [3.8, 4) is 5.82 Å². The zero-order chi connectivity index (χ0) is 26.2. The monoisotopic (exact) mass is 502 g/mol. The van der Waals surface area contributed by atoms with Crippen molar-refractivity contribution in [1.82, 2.24) is 40.2 Å². The second-order valence-corrected chi connectivity index (χ2v) is 10.3. The first-order valence-electron chi connectivity index (χ1n) is 12.5. The Hall–Kier alpha value is -3.95. The molecular weight excluding hydrogens is 471 g/mol. The second kappa shape index (κ2) is 9.84. The van der Waals surface area contributed by atoms with E-state index in [1.54, 1.807) is 12.3 Å². The lowest BCUT2D eigenvalue weighted by molar-refractivity contribution is -0.130. The molecule has 2 N–H and O–H groups in total. The molecular formula is C27H31FN8O. The molecule has 5 rings (SSSR count). The van der Waals surface area contributed by atoms with Crippen molar-refractivity contribution in [2.24, 2.45) is 5.41 Å². The lowest BCUT2D eigenvalue weighted by Crippen LogP contribution is -2.38. The average molecular weight is 503 g/mol. The summed E-state index contributed by atoms with van der Waals surface area (Å²) < 4.78 is 14.6. The van der Waals surface area contributed by atoms with E-state index in [-0.39, 0.29) is 17.9 Å². The molecule has 10 heteroatoms. The smallest absolute Gasteiger partial charge is 0.226 e. The summed E-state index contributed by atoms with van der Waals surface area (Å²) in [5.41, 5.74) is 4.19. The molecule has 9 nitrogen and oxygen atoms in total. The first-order chi connectivity index (χ1) is 17.7. The number of aromatic nitrogens is 7. The third kappa shape index (κ3) is 5.42. The summed E-state index contributed by atoms with van der Waals surface area (Å²) in [5.74, 6) is 1.04. The Labute approximate surface area is 215 Å². The van der Waals surface area contributed by atoms with Crippen molar-refractivity contribution in [2.75, 3.05) is 0 Å². The van der Waals surface area contributed by atoms with Crippen molar-refractivity contribution in [3.63, 3.8) is 0 Å². The van der Waals surface area contributed by atoms with Gasteiger partial charge in [-0.3, -0.25) is 9.89 Å². The van der Waals surface area contributed by atoms with Gasteiger partial charge in [0.1, 0.15) is 5.82 Å². The largest absolute Gasteiger partial charge is 0.349 e. The maximum Gasteiger partial charge on any atom is 0.226 e. The van der Waals surface area contributed by atoms with Crippen LogP contribution in [-0.4, -0.2) is 40.8 Å². The number of halogens is 1. The number of H-pyrrole nitrogens is 1. The number of carbonyl (C=O) groups excluding carboxylic acids is 1. The van der Waals surface area contributed by atoms with E-state index in [4.69, 9.17) is 9.97 Å². The molecule has 0 unspecified atom stereocenters. The molecule has 3 atom stereocenters. The van der Waals surface area contributed by atoms with E-state index < -0.39 is 11.2 Å². The summed E-state index contributed by atoms with van der Waals surface area (Å²) in [5, 5.41) is 14.4. The van der Waals surface area contributed by atoms with Gasteiger partial charge in [-0.05, 0) is 63.8 Å². The minimum Gasteiger partial charge on any atom is -0.349 e. The number of hydrogen-bond acceptors (Lipinski definition) is 6. The SMILES string of the molecule is Cc1cc(Cc2cc(C)[nH]n2)nc([C@@H]2CC[C@](C)(C(=O)N[C@@H](C)c3ccc(-n4cc(F)cn4)nc3)C2)n1. The van der Waals surface area contributed by atoms with Crippen LogP contribution in [0.4, 0.5) is 4.39 Å². The van der Waals surface area contributed by atoms with E-state index in [0.29, 0.717) is 18.7 Å². The lowest BCUT2D eigenvalue weighted by atomic mass is 9.86. The Morgan fingerprint density at radius 1 is 1.24 bits per heavy atom. The van der Waals surface area contributed by atoms with Gasteiger partial charge < -0.3 is 5.32 Å². The molecule has 0 spiro atoms. The van der Waals surface area contributed by atoms with Gasteiger partial charge in [0.05, 0.1) is 29.8 Å². The van der Waals surface area contributed by atoms with Crippen LogP contribution in [-0.2, 0) is 11.2 Å². The highest BCUT2D eigenvalue weighted by atomic mass is 19.1. The Kier molecular flexibility index (Phi) is 6.57. The van der Waals surface area contributed by atoms with E-state index in [1.807, 2.05) is 45.9 Å². The minimum absolute atomic E-state index is 0.0144. The van der Waals surface area contributed by atoms with Crippen molar-refractivity contribution >= 4 is 5.91 Å². The predicted molar refractivity (Wildman–Crippen MR) is 135 cm³/mol. The van der Waals surface area contributed by atoms with Gasteiger partial charge in [0.25, 0.3) is 0 Å². The molecule has 1 amide bonds. The van der Waals surface area contributed by atoms with Gasteiger partial charge >= 0.3 is 0 Å². The highest BCUT2D eigenvalue weighted by Crippen LogP contribution is 2.46. The van der Waals surface area contributed by atoms with Gasteiger partial charge in [-0.2, -0.15) is 10.2 Å². The zero-order valence-corrected chi connectivity index (χ0v) is 21.5. The molecule has 192 valence electrons. The maximum atomic E-state index is 13.4. The van der Waals surface area contributed by atoms with Crippen LogP contribution >= 0.6 is 0 Å². The standard InChI is InChI=1S/C27H31FN8O/c1-16-9-22(11-23-10-17(2)34-35-23)33-25(31-16)19-7-8-27(4,12-19)26(37)32-18(3)20-5-6-24(29-13-20)36-15-21(28)14-30-36/h5-6,9-10,13-15,18-19H,7-8,11-12H2,1-4H3,(H,32,37)(H,34,35)/t18-,19+,27-/m0/s1. The van der Waals surface area contributed by atoms with Crippen LogP contribution in [0.3, 0.4) is 0 Å². The number of aromatic amines is 1. The summed E-state index contributed by atoms with van der Waals surface area (Å²) in [6.45, 7) is 7.92. The highest BCUT2D eigenvalue weighted by molar-refractivity contribution is 5.83. The fourth-order valence-corrected chi connectivity index (χ4v) is 5.02. The Balaban J connectivity index is 1.23. The van der Waals surface area contributed by atoms with E-state index >= 15 is 0 Å². The molecule has 4 aromatic heterocycles. The van der Waals surface area contributed by atoms with E-state index in [9.17, 15) is 9.18 Å². The van der Waals surface area contributed by atoms with Gasteiger partial charge in [-0.15, -0.1) is 0 Å². The van der Waals surface area contributed by atoms with Gasteiger partial charge in [0.15, 0.2) is 11.6 Å². The van der Waals surface area contributed by atoms with Crippen molar-refractivity contribution < 1.29 is 9.18 Å². The molecule has 1 saturated carbocycles. The summed E-state index contributed by atoms with van der Waals surface area (Å²) in [7, 11) is 0. The lowest BCUT2D eigenvalue weighted by Gasteiger charge is -2.26. The summed E-state index contributed by atoms with van der Waals surface area (Å²) >= 11 is 0. The third-order valence-electron chi connectivity index (χ3n) is 7.10. The molecule has 0 bridgehead atoms. The van der Waals surface area contributed by atoms with Crippen LogP contribution in [0.5, 0.6) is 0 Å². The predicted octanol–water partition coefficient (Wildman–Crippen LogP) is 4.28. The molecule has 0 radical (unpaired) electrons. The first-order valence-corrected chi connectivity index (χ1v) is 12.5. The average Bonchev–Trinajstić information content (AvgIpc) is 3.59. The van der Waals surface area contributed by atoms with Crippen LogP contribution < -0.4 is 5.32 Å². The number of pyridine rings is 1. The molecule has 1 fully saturated rings. The van der Waals surface area contributed by atoms with E-state index in [1.165, 1.54) is 10.9 Å². The topological polar surface area (TPSA) is 114 Å². The number of nitrogens with zero attached hydrogens (tertiary/aromatic N) is 6. The van der Waals surface area contributed by atoms with Crippen LogP contribution in [0.25, 0.3) is 5.82 Å². The summed E-state index contributed by atoms with van der Waals surface area (Å²) in [6, 6.07) is 7.43. The van der Waals surface area contributed by atoms with Crippen LogP contribution in [0.2, 0.25) is 0 Å². The van der Waals surface area contributed by atoms with Crippen molar-refractivity contribution in [2.45, 2.75) is 65.3 Å². The summed E-state index contributed by atoms with van der Waals surface area (Å²) in [6.07, 6.45) is 7.05. The Morgan fingerprint density at radius 3 is 2.76 bits per heavy atom. The van der Waals surface area contributed by atoms with E-state index in [0.717, 1.165) is 53.2 Å². The van der Waals surface area contributed by atoms with Crippen LogP contribution in [0.15, 0.2) is 42.9 Å². The molecule has 1 aliphatic rings. The molecule has 4 aromatic rings. The zero-order valence-electron chi connectivity index (χ0n) is 21.5. The number of hydrogen-bond donors (Lipinski definition) is 2. The first kappa shape index (κ1) is 24.7. The van der Waals surface area contributed by atoms with Gasteiger partial charge in [0.2, 0.25) is 5.91 Å². The maximum absolute atomic E-state index is 13.4. The van der Waals surface area contributed by atoms with Crippen LogP contribution in [0, 0.1) is 25.1 Å². The summed E-state index contributed by atoms with van der Waals surface area (Å²) in [4.78, 5) is 27.3. The molecule has 0 aromatic carbocycles. The third-order valence-corrected chi connectivity index (χ3v) is 7.10. The minimum atomic E-state index is -0.508. The van der Waals surface area contributed by atoms with Gasteiger partial charge in [0, 0.05) is 35.3 Å². The molecule has 0 saturated heterocycles. The van der Waals surface area contributed by atoms with Crippen LogP contribution in [0.1, 0.15) is 79.2 Å². The number of nitrogens with one attached hydrogen (secondary N) is 2. The quantitative estimate of drug-likeness (QED) is 0.390. The number of amides is 1. The molecule has 4 heterocycles. The second-order valence-electron chi connectivity index (χ2n) is 10.3.